The van der Waals surface area contributed by atoms with Crippen molar-refractivity contribution in [2.45, 2.75) is 0 Å². The van der Waals surface area contributed by atoms with Gasteiger partial charge in [-0.25, -0.2) is 4.98 Å². The summed E-state index contributed by atoms with van der Waals surface area (Å²) in [6, 6.07) is 12.4. The van der Waals surface area contributed by atoms with Crippen LogP contribution in [0.3, 0.4) is 0 Å². The highest BCUT2D eigenvalue weighted by molar-refractivity contribution is 7.13. The average molecular weight is 469 g/mol. The van der Waals surface area contributed by atoms with Crippen molar-refractivity contribution in [2.24, 2.45) is 7.05 Å². The number of hydrogen-bond acceptors (Lipinski definition) is 7. The van der Waals surface area contributed by atoms with Crippen molar-refractivity contribution in [3.63, 3.8) is 0 Å². The monoisotopic (exact) mass is 468 g/mol. The largest absolute Gasteiger partial charge is 0.496 e. The maximum absolute atomic E-state index is 12.8. The molecule has 0 atom stereocenters. The van der Waals surface area contributed by atoms with Gasteiger partial charge in [0.05, 0.1) is 18.4 Å². The van der Waals surface area contributed by atoms with Gasteiger partial charge in [0.1, 0.15) is 22.3 Å². The van der Waals surface area contributed by atoms with Crippen LogP contribution in [0.2, 0.25) is 5.02 Å². The number of carbonyl (C=O) groups is 1. The number of ether oxygens (including phenoxy) is 3. The average Bonchev–Trinajstić information content (AvgIpc) is 3.53. The third kappa shape index (κ3) is 3.76. The van der Waals surface area contributed by atoms with Crippen molar-refractivity contribution < 1.29 is 19.0 Å². The van der Waals surface area contributed by atoms with Crippen LogP contribution in [0.4, 0.5) is 5.82 Å². The molecule has 32 heavy (non-hydrogen) atoms. The first-order chi connectivity index (χ1) is 15.5. The zero-order chi connectivity index (χ0) is 22.2. The Kier molecular flexibility index (Phi) is 5.20. The molecule has 3 heterocycles. The summed E-state index contributed by atoms with van der Waals surface area (Å²) < 4.78 is 17.7. The summed E-state index contributed by atoms with van der Waals surface area (Å²) in [6.07, 6.45) is 0. The molecule has 0 aliphatic carbocycles. The van der Waals surface area contributed by atoms with Gasteiger partial charge in [-0.15, -0.1) is 11.3 Å². The van der Waals surface area contributed by atoms with Gasteiger partial charge < -0.3 is 19.5 Å². The van der Waals surface area contributed by atoms with Crippen LogP contribution in [0.1, 0.15) is 10.4 Å². The predicted octanol–water partition coefficient (Wildman–Crippen LogP) is 4.85. The molecule has 0 saturated carbocycles. The molecular formula is C22H17ClN4O4S. The number of methoxy groups -OCH3 is 1. The van der Waals surface area contributed by atoms with E-state index in [0.29, 0.717) is 33.6 Å². The van der Waals surface area contributed by atoms with E-state index in [1.807, 2.05) is 23.6 Å². The highest BCUT2D eigenvalue weighted by atomic mass is 35.5. The molecule has 1 N–H and O–H groups in total. The zero-order valence-electron chi connectivity index (χ0n) is 17.1. The Bertz CT molecular complexity index is 1330. The second-order valence-corrected chi connectivity index (χ2v) is 8.24. The molecule has 0 fully saturated rings. The summed E-state index contributed by atoms with van der Waals surface area (Å²) in [6.45, 7) is 0.227. The van der Waals surface area contributed by atoms with Crippen LogP contribution in [-0.2, 0) is 7.05 Å². The molecular weight excluding hydrogens is 452 g/mol. The second-order valence-electron chi connectivity index (χ2n) is 6.94. The number of nitrogens with zero attached hydrogens (tertiary/aromatic N) is 3. The molecule has 4 aromatic rings. The van der Waals surface area contributed by atoms with E-state index in [4.69, 9.17) is 30.8 Å². The van der Waals surface area contributed by atoms with E-state index in [1.165, 1.54) is 18.4 Å². The van der Waals surface area contributed by atoms with Gasteiger partial charge in [-0.3, -0.25) is 9.48 Å². The van der Waals surface area contributed by atoms with Gasteiger partial charge in [0, 0.05) is 29.1 Å². The Morgan fingerprint density at radius 2 is 2.00 bits per heavy atom. The molecule has 1 aliphatic rings. The molecule has 0 bridgehead atoms. The standard InChI is InChI=1S/C22H17ClN4O4S/c1-27-20(25-21(28)14-8-13(23)4-6-17(14)29-2)9-15(26-27)22-24-16(10-32-22)12-3-5-18-19(7-12)31-11-30-18/h3-10H,11H2,1-2H3,(H,25,28). The number of hydrogen-bond donors (Lipinski definition) is 1. The molecule has 1 aliphatic heterocycles. The maximum Gasteiger partial charge on any atom is 0.260 e. The molecule has 10 heteroatoms. The molecule has 0 radical (unpaired) electrons. The first-order valence-corrected chi connectivity index (χ1v) is 10.8. The lowest BCUT2D eigenvalue weighted by Crippen LogP contribution is -2.15. The number of anilines is 1. The molecule has 162 valence electrons. The van der Waals surface area contributed by atoms with Crippen LogP contribution in [0.5, 0.6) is 17.2 Å². The number of halogens is 1. The Morgan fingerprint density at radius 3 is 2.84 bits per heavy atom. The SMILES string of the molecule is COc1ccc(Cl)cc1C(=O)Nc1cc(-c2nc(-c3ccc4c(c3)OCO4)cs2)nn1C. The number of aromatic nitrogens is 3. The Labute approximate surface area is 192 Å². The van der Waals surface area contributed by atoms with E-state index in [-0.39, 0.29) is 12.7 Å². The van der Waals surface area contributed by atoms with Gasteiger partial charge in [0.15, 0.2) is 11.5 Å². The fourth-order valence-electron chi connectivity index (χ4n) is 3.31. The van der Waals surface area contributed by atoms with E-state index in [9.17, 15) is 4.79 Å². The van der Waals surface area contributed by atoms with Crippen LogP contribution in [-0.4, -0.2) is 34.6 Å². The number of thiazole rings is 1. The molecule has 8 nitrogen and oxygen atoms in total. The smallest absolute Gasteiger partial charge is 0.260 e. The number of amides is 1. The van der Waals surface area contributed by atoms with Gasteiger partial charge in [-0.2, -0.15) is 5.10 Å². The fourth-order valence-corrected chi connectivity index (χ4v) is 4.27. The summed E-state index contributed by atoms with van der Waals surface area (Å²) in [5.74, 6) is 2.04. The van der Waals surface area contributed by atoms with Crippen LogP contribution in [0, 0.1) is 0 Å². The lowest BCUT2D eigenvalue weighted by Gasteiger charge is -2.09. The molecule has 1 amide bonds. The summed E-state index contributed by atoms with van der Waals surface area (Å²) in [5.41, 5.74) is 2.72. The normalized spacial score (nSPS) is 12.1. The Balaban J connectivity index is 1.38. The fraction of sp³-hybridized carbons (Fsp3) is 0.136. The highest BCUT2D eigenvalue weighted by Crippen LogP contribution is 2.37. The Hall–Kier alpha value is -3.56. The summed E-state index contributed by atoms with van der Waals surface area (Å²) in [5, 5.41) is 10.5. The van der Waals surface area contributed by atoms with E-state index in [0.717, 1.165) is 22.0 Å². The number of rotatable bonds is 5. The van der Waals surface area contributed by atoms with Gasteiger partial charge in [-0.05, 0) is 36.4 Å². The van der Waals surface area contributed by atoms with E-state index in [2.05, 4.69) is 10.4 Å². The molecule has 0 unspecified atom stereocenters. The van der Waals surface area contributed by atoms with Crippen LogP contribution < -0.4 is 19.5 Å². The van der Waals surface area contributed by atoms with Crippen molar-refractivity contribution >= 4 is 34.7 Å². The molecule has 2 aromatic carbocycles. The van der Waals surface area contributed by atoms with Crippen molar-refractivity contribution in [3.05, 3.63) is 58.4 Å². The zero-order valence-corrected chi connectivity index (χ0v) is 18.7. The van der Waals surface area contributed by atoms with Crippen molar-refractivity contribution in [1.29, 1.82) is 0 Å². The summed E-state index contributed by atoms with van der Waals surface area (Å²) in [4.78, 5) is 17.5. The molecule has 2 aromatic heterocycles. The molecule has 0 spiro atoms. The van der Waals surface area contributed by atoms with Gasteiger partial charge >= 0.3 is 0 Å². The van der Waals surface area contributed by atoms with E-state index >= 15 is 0 Å². The minimum Gasteiger partial charge on any atom is -0.496 e. The van der Waals surface area contributed by atoms with E-state index < -0.39 is 0 Å². The van der Waals surface area contributed by atoms with Crippen molar-refractivity contribution in [2.75, 3.05) is 19.2 Å². The lowest BCUT2D eigenvalue weighted by molar-refractivity contribution is 0.102. The van der Waals surface area contributed by atoms with Crippen LogP contribution in [0.25, 0.3) is 22.0 Å². The first kappa shape index (κ1) is 20.3. The number of aryl methyl sites for hydroxylation is 1. The predicted molar refractivity (Wildman–Crippen MR) is 122 cm³/mol. The summed E-state index contributed by atoms with van der Waals surface area (Å²) in [7, 11) is 3.25. The van der Waals surface area contributed by atoms with Gasteiger partial charge in [-0.1, -0.05) is 11.6 Å². The third-order valence-corrected chi connectivity index (χ3v) is 6.02. The van der Waals surface area contributed by atoms with Crippen LogP contribution >= 0.6 is 22.9 Å². The second kappa shape index (κ2) is 8.18. The number of carbonyl (C=O) groups excluding carboxylic acids is 1. The number of fused-ring (bicyclic) bond motifs is 1. The minimum absolute atomic E-state index is 0.227. The van der Waals surface area contributed by atoms with E-state index in [1.54, 1.807) is 36.0 Å². The van der Waals surface area contributed by atoms with Crippen molar-refractivity contribution in [1.82, 2.24) is 14.8 Å². The quantitative estimate of drug-likeness (QED) is 0.450. The minimum atomic E-state index is -0.348. The summed E-state index contributed by atoms with van der Waals surface area (Å²) >= 11 is 7.51. The number of benzene rings is 2. The van der Waals surface area contributed by atoms with Gasteiger partial charge in [0.25, 0.3) is 5.91 Å². The van der Waals surface area contributed by atoms with Crippen molar-refractivity contribution in [3.8, 4) is 39.2 Å². The Morgan fingerprint density at radius 1 is 1.16 bits per heavy atom. The molecule has 5 rings (SSSR count). The van der Waals surface area contributed by atoms with Gasteiger partial charge in [0.2, 0.25) is 6.79 Å². The maximum atomic E-state index is 12.8. The lowest BCUT2D eigenvalue weighted by atomic mass is 10.1. The van der Waals surface area contributed by atoms with Crippen LogP contribution in [0.15, 0.2) is 47.8 Å². The topological polar surface area (TPSA) is 87.5 Å². The highest BCUT2D eigenvalue weighted by Gasteiger charge is 2.19. The third-order valence-electron chi connectivity index (χ3n) is 4.92. The molecule has 0 saturated heterocycles. The first-order valence-electron chi connectivity index (χ1n) is 9.56. The number of nitrogens with one attached hydrogen (secondary N) is 1.